The van der Waals surface area contributed by atoms with Gasteiger partial charge in [-0.25, -0.2) is 0 Å². The van der Waals surface area contributed by atoms with Crippen molar-refractivity contribution in [3.63, 3.8) is 0 Å². The zero-order chi connectivity index (χ0) is 16.2. The van der Waals surface area contributed by atoms with Gasteiger partial charge in [-0.1, -0.05) is 0 Å². The number of carbonyl (C=O) groups excluding carboxylic acids is 1. The van der Waals surface area contributed by atoms with Gasteiger partial charge in [0.25, 0.3) is 5.91 Å². The highest BCUT2D eigenvalue weighted by Gasteiger charge is 2.22. The molecule has 2 heterocycles. The largest absolute Gasteiger partial charge is 0.497 e. The highest BCUT2D eigenvalue weighted by molar-refractivity contribution is 7.12. The number of ether oxygens (including phenoxy) is 1. The van der Waals surface area contributed by atoms with Crippen LogP contribution in [0.15, 0.2) is 35.7 Å². The average Bonchev–Trinajstić information content (AvgIpc) is 2.86. The molecule has 122 valence electrons. The first kappa shape index (κ1) is 15.9. The molecule has 0 bridgehead atoms. The molecule has 1 aliphatic heterocycles. The zero-order valence-corrected chi connectivity index (χ0v) is 14.4. The van der Waals surface area contributed by atoms with Crippen molar-refractivity contribution in [1.82, 2.24) is 4.90 Å². The van der Waals surface area contributed by atoms with Gasteiger partial charge in [0.15, 0.2) is 0 Å². The smallest absolute Gasteiger partial charge is 0.264 e. The number of nitrogens with zero attached hydrogens (tertiary/aromatic N) is 2. The van der Waals surface area contributed by atoms with Gasteiger partial charge in [-0.3, -0.25) is 4.79 Å². The van der Waals surface area contributed by atoms with E-state index in [-0.39, 0.29) is 5.91 Å². The second-order valence-electron chi connectivity index (χ2n) is 5.76. The molecule has 0 saturated carbocycles. The number of hydrogen-bond acceptors (Lipinski definition) is 4. The third-order valence-corrected chi connectivity index (χ3v) is 5.28. The molecule has 1 aromatic carbocycles. The zero-order valence-electron chi connectivity index (χ0n) is 13.6. The van der Waals surface area contributed by atoms with E-state index in [2.05, 4.69) is 17.0 Å². The van der Waals surface area contributed by atoms with Crippen molar-refractivity contribution in [2.75, 3.05) is 38.2 Å². The van der Waals surface area contributed by atoms with Crippen molar-refractivity contribution in [1.29, 1.82) is 0 Å². The quantitative estimate of drug-likeness (QED) is 0.864. The minimum absolute atomic E-state index is 0.175. The number of thiophene rings is 1. The number of aryl methyl sites for hydroxylation is 1. The van der Waals surface area contributed by atoms with Crippen LogP contribution < -0.4 is 9.64 Å². The Morgan fingerprint density at radius 2 is 1.87 bits per heavy atom. The second kappa shape index (κ2) is 7.04. The van der Waals surface area contributed by atoms with Crippen LogP contribution in [-0.4, -0.2) is 44.1 Å². The Kier molecular flexibility index (Phi) is 4.86. The molecule has 0 radical (unpaired) electrons. The topological polar surface area (TPSA) is 32.8 Å². The van der Waals surface area contributed by atoms with Crippen LogP contribution in [-0.2, 0) is 0 Å². The minimum atomic E-state index is 0.175. The van der Waals surface area contributed by atoms with Gasteiger partial charge in [0, 0.05) is 31.9 Å². The number of anilines is 1. The van der Waals surface area contributed by atoms with E-state index < -0.39 is 0 Å². The van der Waals surface area contributed by atoms with Crippen LogP contribution >= 0.6 is 11.3 Å². The molecule has 1 fully saturated rings. The molecular formula is C18H22N2O2S. The Morgan fingerprint density at radius 3 is 2.52 bits per heavy atom. The highest BCUT2D eigenvalue weighted by Crippen LogP contribution is 2.22. The summed E-state index contributed by atoms with van der Waals surface area (Å²) < 4.78 is 5.21. The summed E-state index contributed by atoms with van der Waals surface area (Å²) in [4.78, 5) is 17.9. The van der Waals surface area contributed by atoms with Crippen molar-refractivity contribution in [3.8, 4) is 5.75 Å². The monoisotopic (exact) mass is 330 g/mol. The van der Waals surface area contributed by atoms with Crippen LogP contribution in [0, 0.1) is 6.92 Å². The maximum atomic E-state index is 12.7. The molecule has 5 heteroatoms. The summed E-state index contributed by atoms with van der Waals surface area (Å²) in [6.45, 7) is 5.43. The highest BCUT2D eigenvalue weighted by atomic mass is 32.1. The SMILES string of the molecule is COc1ccc(N2CCCN(C(=O)c3sccc3C)CC2)cc1. The normalized spacial score (nSPS) is 15.4. The summed E-state index contributed by atoms with van der Waals surface area (Å²) in [6.07, 6.45) is 0.988. The van der Waals surface area contributed by atoms with Crippen LogP contribution in [0.25, 0.3) is 0 Å². The van der Waals surface area contributed by atoms with Gasteiger partial charge in [0.2, 0.25) is 0 Å². The lowest BCUT2D eigenvalue weighted by molar-refractivity contribution is 0.0771. The molecule has 3 rings (SSSR count). The second-order valence-corrected chi connectivity index (χ2v) is 6.68. The van der Waals surface area contributed by atoms with Gasteiger partial charge in [0.05, 0.1) is 12.0 Å². The standard InChI is InChI=1S/C18H22N2O2S/c1-14-8-13-23-17(14)18(21)20-10-3-9-19(11-12-20)15-4-6-16(22-2)7-5-15/h4-8,13H,3,9-12H2,1-2H3. The fraction of sp³-hybridized carbons (Fsp3) is 0.389. The third kappa shape index (κ3) is 3.50. The van der Waals surface area contributed by atoms with Gasteiger partial charge in [-0.05, 0) is 54.6 Å². The number of benzene rings is 1. The minimum Gasteiger partial charge on any atom is -0.497 e. The van der Waals surface area contributed by atoms with Crippen LogP contribution in [0.4, 0.5) is 5.69 Å². The maximum absolute atomic E-state index is 12.7. The lowest BCUT2D eigenvalue weighted by Gasteiger charge is -2.24. The first-order chi connectivity index (χ1) is 11.2. The predicted molar refractivity (Wildman–Crippen MR) is 94.8 cm³/mol. The molecule has 23 heavy (non-hydrogen) atoms. The number of carbonyl (C=O) groups is 1. The molecule has 0 unspecified atom stereocenters. The van der Waals surface area contributed by atoms with Crippen molar-refractivity contribution >= 4 is 22.9 Å². The summed E-state index contributed by atoms with van der Waals surface area (Å²) in [6, 6.07) is 10.1. The molecule has 1 aliphatic rings. The van der Waals surface area contributed by atoms with Crippen molar-refractivity contribution in [2.45, 2.75) is 13.3 Å². The van der Waals surface area contributed by atoms with Gasteiger partial charge < -0.3 is 14.5 Å². The summed E-state index contributed by atoms with van der Waals surface area (Å²) in [5.74, 6) is 1.04. The third-order valence-electron chi connectivity index (χ3n) is 4.28. The number of hydrogen-bond donors (Lipinski definition) is 0. The van der Waals surface area contributed by atoms with Gasteiger partial charge in [-0.15, -0.1) is 11.3 Å². The summed E-state index contributed by atoms with van der Waals surface area (Å²) >= 11 is 1.54. The van der Waals surface area contributed by atoms with E-state index in [1.807, 2.05) is 35.4 Å². The molecule has 0 aliphatic carbocycles. The molecule has 0 atom stereocenters. The number of amides is 1. The summed E-state index contributed by atoms with van der Waals surface area (Å²) in [7, 11) is 1.68. The van der Waals surface area contributed by atoms with Crippen molar-refractivity contribution < 1.29 is 9.53 Å². The van der Waals surface area contributed by atoms with E-state index in [4.69, 9.17) is 4.74 Å². The molecular weight excluding hydrogens is 308 g/mol. The first-order valence-electron chi connectivity index (χ1n) is 7.91. The fourth-order valence-corrected chi connectivity index (χ4v) is 3.80. The molecule has 4 nitrogen and oxygen atoms in total. The van der Waals surface area contributed by atoms with Gasteiger partial charge in [0.1, 0.15) is 5.75 Å². The average molecular weight is 330 g/mol. The Balaban J connectivity index is 1.67. The maximum Gasteiger partial charge on any atom is 0.264 e. The first-order valence-corrected chi connectivity index (χ1v) is 8.79. The lowest BCUT2D eigenvalue weighted by atomic mass is 10.2. The van der Waals surface area contributed by atoms with Crippen molar-refractivity contribution in [2.24, 2.45) is 0 Å². The molecule has 0 spiro atoms. The molecule has 1 aromatic heterocycles. The Bertz CT molecular complexity index is 666. The summed E-state index contributed by atoms with van der Waals surface area (Å²) in [5.41, 5.74) is 2.27. The van der Waals surface area contributed by atoms with Gasteiger partial charge >= 0.3 is 0 Å². The van der Waals surface area contributed by atoms with Gasteiger partial charge in [-0.2, -0.15) is 0 Å². The number of methoxy groups -OCH3 is 1. The van der Waals surface area contributed by atoms with E-state index in [1.54, 1.807) is 18.4 Å². The van der Waals surface area contributed by atoms with Crippen LogP contribution in [0.1, 0.15) is 21.7 Å². The lowest BCUT2D eigenvalue weighted by Crippen LogP contribution is -2.35. The van der Waals surface area contributed by atoms with E-state index in [1.165, 1.54) is 5.69 Å². The van der Waals surface area contributed by atoms with Crippen LogP contribution in [0.5, 0.6) is 5.75 Å². The van der Waals surface area contributed by atoms with E-state index >= 15 is 0 Å². The van der Waals surface area contributed by atoms with Crippen molar-refractivity contribution in [3.05, 3.63) is 46.2 Å². The summed E-state index contributed by atoms with van der Waals surface area (Å²) in [5, 5.41) is 1.99. The Morgan fingerprint density at radius 1 is 1.09 bits per heavy atom. The van der Waals surface area contributed by atoms with Crippen LogP contribution in [0.2, 0.25) is 0 Å². The Hall–Kier alpha value is -2.01. The molecule has 2 aromatic rings. The fourth-order valence-electron chi connectivity index (χ4n) is 2.91. The molecule has 1 saturated heterocycles. The van der Waals surface area contributed by atoms with E-state index in [0.717, 1.165) is 48.8 Å². The van der Waals surface area contributed by atoms with Crippen LogP contribution in [0.3, 0.4) is 0 Å². The Labute approximate surface area is 141 Å². The van der Waals surface area contributed by atoms with E-state index in [0.29, 0.717) is 0 Å². The van der Waals surface area contributed by atoms with E-state index in [9.17, 15) is 4.79 Å². The number of rotatable bonds is 3. The molecule has 0 N–H and O–H groups in total. The predicted octanol–water partition coefficient (Wildman–Crippen LogP) is 3.42. The molecule has 1 amide bonds.